The molecule has 1 unspecified atom stereocenters. The van der Waals surface area contributed by atoms with E-state index in [2.05, 4.69) is 43.0 Å². The molecule has 1 heterocycles. The molecule has 1 fully saturated rings. The summed E-state index contributed by atoms with van der Waals surface area (Å²) < 4.78 is 5.56. The van der Waals surface area contributed by atoms with Crippen LogP contribution in [0.1, 0.15) is 45.7 Å². The van der Waals surface area contributed by atoms with Gasteiger partial charge in [-0.3, -0.25) is 0 Å². The van der Waals surface area contributed by atoms with Crippen molar-refractivity contribution < 1.29 is 4.42 Å². The molecule has 0 amide bonds. The lowest BCUT2D eigenvalue weighted by molar-refractivity contribution is 0.465. The summed E-state index contributed by atoms with van der Waals surface area (Å²) in [5, 5.41) is 3.45. The fraction of sp³-hybridized carbons (Fsp3) is 0.786. The van der Waals surface area contributed by atoms with E-state index in [9.17, 15) is 0 Å². The average Bonchev–Trinajstić information content (AvgIpc) is 3.02. The number of nitrogens with zero attached hydrogens (tertiary/aromatic N) is 2. The third-order valence-corrected chi connectivity index (χ3v) is 3.46. The Morgan fingerprint density at radius 1 is 1.44 bits per heavy atom. The molecular weight excluding hydrogens is 226 g/mol. The first-order valence-corrected chi connectivity index (χ1v) is 6.97. The molecule has 0 aromatic carbocycles. The van der Waals surface area contributed by atoms with Gasteiger partial charge in [0, 0.05) is 25.7 Å². The summed E-state index contributed by atoms with van der Waals surface area (Å²) in [6, 6.07) is 1.89. The number of nitrogens with one attached hydrogen (secondary N) is 1. The molecule has 1 aliphatic carbocycles. The Morgan fingerprint density at radius 3 is 2.78 bits per heavy atom. The quantitative estimate of drug-likeness (QED) is 0.809. The molecule has 1 aromatic heterocycles. The highest BCUT2D eigenvalue weighted by Crippen LogP contribution is 2.21. The molecule has 4 heteroatoms. The van der Waals surface area contributed by atoms with Crippen molar-refractivity contribution in [3.8, 4) is 0 Å². The normalized spacial score (nSPS) is 17.2. The van der Waals surface area contributed by atoms with Crippen LogP contribution in [0.5, 0.6) is 0 Å². The second-order valence-electron chi connectivity index (χ2n) is 5.87. The Morgan fingerprint density at radius 2 is 2.17 bits per heavy atom. The summed E-state index contributed by atoms with van der Waals surface area (Å²) in [5.74, 6) is 0.688. The lowest BCUT2D eigenvalue weighted by atomic mass is 10.0. The zero-order valence-electron chi connectivity index (χ0n) is 11.9. The van der Waals surface area contributed by atoms with E-state index in [-0.39, 0.29) is 0 Å². The van der Waals surface area contributed by atoms with Gasteiger partial charge in [0.2, 0.25) is 0 Å². The summed E-state index contributed by atoms with van der Waals surface area (Å²) in [6.07, 6.45) is 5.52. The van der Waals surface area contributed by atoms with Gasteiger partial charge in [-0.15, -0.1) is 0 Å². The molecular formula is C14H25N3O. The van der Waals surface area contributed by atoms with Gasteiger partial charge >= 0.3 is 0 Å². The number of aromatic nitrogens is 1. The van der Waals surface area contributed by atoms with Crippen molar-refractivity contribution in [3.05, 3.63) is 12.0 Å². The van der Waals surface area contributed by atoms with E-state index < -0.39 is 0 Å². The van der Waals surface area contributed by atoms with Crippen LogP contribution in [0, 0.1) is 5.92 Å². The number of rotatable bonds is 7. The van der Waals surface area contributed by atoms with Gasteiger partial charge in [0.25, 0.3) is 6.01 Å². The molecule has 1 N–H and O–H groups in total. The molecule has 0 spiro atoms. The lowest BCUT2D eigenvalue weighted by Gasteiger charge is -2.24. The van der Waals surface area contributed by atoms with Crippen molar-refractivity contribution in [2.24, 2.45) is 5.92 Å². The van der Waals surface area contributed by atoms with Gasteiger partial charge in [-0.2, -0.15) is 4.98 Å². The minimum absolute atomic E-state index is 0.452. The summed E-state index contributed by atoms with van der Waals surface area (Å²) >= 11 is 0. The van der Waals surface area contributed by atoms with Crippen LogP contribution in [0.2, 0.25) is 0 Å². The Balaban J connectivity index is 1.86. The van der Waals surface area contributed by atoms with Gasteiger partial charge in [-0.05, 0) is 32.1 Å². The molecule has 1 atom stereocenters. The lowest BCUT2D eigenvalue weighted by Crippen LogP contribution is -2.30. The number of anilines is 1. The van der Waals surface area contributed by atoms with Gasteiger partial charge in [-0.1, -0.05) is 13.8 Å². The smallest absolute Gasteiger partial charge is 0.297 e. The Hall–Kier alpha value is -1.03. The standard InChI is InChI=1S/C14H25N3O/c1-10(2)7-11(3)17(4)14-16-13(9-18-14)8-15-12-5-6-12/h9-12,15H,5-8H2,1-4H3. The van der Waals surface area contributed by atoms with Crippen LogP contribution in [-0.2, 0) is 6.54 Å². The van der Waals surface area contributed by atoms with Crippen LogP contribution in [0.4, 0.5) is 6.01 Å². The third-order valence-electron chi connectivity index (χ3n) is 3.46. The predicted octanol–water partition coefficient (Wildman–Crippen LogP) is 2.80. The second-order valence-corrected chi connectivity index (χ2v) is 5.87. The first-order chi connectivity index (χ1) is 8.56. The highest BCUT2D eigenvalue weighted by molar-refractivity contribution is 5.27. The van der Waals surface area contributed by atoms with E-state index in [1.807, 2.05) is 0 Å². The largest absolute Gasteiger partial charge is 0.432 e. The molecule has 0 bridgehead atoms. The maximum Gasteiger partial charge on any atom is 0.297 e. The van der Waals surface area contributed by atoms with Gasteiger partial charge in [0.1, 0.15) is 6.26 Å². The molecule has 0 radical (unpaired) electrons. The van der Waals surface area contributed by atoms with Crippen LogP contribution < -0.4 is 10.2 Å². The Kier molecular flexibility index (Phi) is 4.27. The van der Waals surface area contributed by atoms with Crippen LogP contribution in [-0.4, -0.2) is 24.1 Å². The molecule has 1 saturated carbocycles. The first-order valence-electron chi connectivity index (χ1n) is 6.97. The minimum Gasteiger partial charge on any atom is -0.432 e. The highest BCUT2D eigenvalue weighted by atomic mass is 16.4. The maximum absolute atomic E-state index is 5.56. The number of hydrogen-bond donors (Lipinski definition) is 1. The van der Waals surface area contributed by atoms with E-state index in [4.69, 9.17) is 4.42 Å². The van der Waals surface area contributed by atoms with Crippen LogP contribution in [0.25, 0.3) is 0 Å². The predicted molar refractivity (Wildman–Crippen MR) is 73.7 cm³/mol. The van der Waals surface area contributed by atoms with Gasteiger partial charge < -0.3 is 14.6 Å². The monoisotopic (exact) mass is 251 g/mol. The van der Waals surface area contributed by atoms with Crippen molar-refractivity contribution >= 4 is 6.01 Å². The fourth-order valence-corrected chi connectivity index (χ4v) is 2.10. The van der Waals surface area contributed by atoms with Crippen LogP contribution in [0.15, 0.2) is 10.7 Å². The third kappa shape index (κ3) is 3.73. The maximum atomic E-state index is 5.56. The fourth-order valence-electron chi connectivity index (χ4n) is 2.10. The first kappa shape index (κ1) is 13.4. The molecule has 2 rings (SSSR count). The van der Waals surface area contributed by atoms with Crippen molar-refractivity contribution in [3.63, 3.8) is 0 Å². The molecule has 18 heavy (non-hydrogen) atoms. The topological polar surface area (TPSA) is 41.3 Å². The summed E-state index contributed by atoms with van der Waals surface area (Å²) in [5.41, 5.74) is 1.00. The van der Waals surface area contributed by atoms with Gasteiger partial charge in [-0.25, -0.2) is 0 Å². The number of oxazole rings is 1. The Labute approximate surface area is 110 Å². The molecule has 102 valence electrons. The highest BCUT2D eigenvalue weighted by Gasteiger charge is 2.21. The molecule has 0 aliphatic heterocycles. The molecule has 1 aliphatic rings. The summed E-state index contributed by atoms with van der Waals surface area (Å²) in [7, 11) is 2.05. The minimum atomic E-state index is 0.452. The Bertz CT molecular complexity index is 371. The van der Waals surface area contributed by atoms with Crippen molar-refractivity contribution in [1.82, 2.24) is 10.3 Å². The van der Waals surface area contributed by atoms with Crippen LogP contribution >= 0.6 is 0 Å². The molecule has 0 saturated heterocycles. The van der Waals surface area contributed by atoms with E-state index in [0.29, 0.717) is 18.0 Å². The van der Waals surface area contributed by atoms with Crippen molar-refractivity contribution in [2.45, 2.75) is 58.7 Å². The van der Waals surface area contributed by atoms with Crippen molar-refractivity contribution in [2.75, 3.05) is 11.9 Å². The molecule has 4 nitrogen and oxygen atoms in total. The van der Waals surface area contributed by atoms with E-state index in [1.165, 1.54) is 12.8 Å². The van der Waals surface area contributed by atoms with E-state index in [1.54, 1.807) is 6.26 Å². The van der Waals surface area contributed by atoms with E-state index >= 15 is 0 Å². The summed E-state index contributed by atoms with van der Waals surface area (Å²) in [4.78, 5) is 6.66. The SMILES string of the molecule is CC(C)CC(C)N(C)c1nc(CNC2CC2)co1. The van der Waals surface area contributed by atoms with Crippen molar-refractivity contribution in [1.29, 1.82) is 0 Å². The van der Waals surface area contributed by atoms with Gasteiger partial charge in [0.05, 0.1) is 5.69 Å². The molecule has 1 aromatic rings. The second kappa shape index (κ2) is 5.74. The van der Waals surface area contributed by atoms with Crippen LogP contribution in [0.3, 0.4) is 0 Å². The average molecular weight is 251 g/mol. The van der Waals surface area contributed by atoms with E-state index in [0.717, 1.165) is 24.7 Å². The number of hydrogen-bond acceptors (Lipinski definition) is 4. The van der Waals surface area contributed by atoms with Gasteiger partial charge in [0.15, 0.2) is 0 Å². The zero-order chi connectivity index (χ0) is 13.1. The summed E-state index contributed by atoms with van der Waals surface area (Å²) in [6.45, 7) is 7.52. The zero-order valence-corrected chi connectivity index (χ0v) is 11.9.